The van der Waals surface area contributed by atoms with Crippen LogP contribution in [0.2, 0.25) is 0 Å². The number of rotatable bonds is 5. The molecule has 0 aromatic carbocycles. The number of methoxy groups -OCH3 is 1. The lowest BCUT2D eigenvalue weighted by molar-refractivity contribution is -0.124. The maximum Gasteiger partial charge on any atom is 0.267 e. The lowest BCUT2D eigenvalue weighted by Crippen LogP contribution is -2.34. The average molecular weight is 265 g/mol. The van der Waals surface area contributed by atoms with E-state index in [0.29, 0.717) is 13.1 Å². The highest BCUT2D eigenvalue weighted by atomic mass is 16.5. The Morgan fingerprint density at radius 3 is 3.05 bits per heavy atom. The van der Waals surface area contributed by atoms with Gasteiger partial charge in [0.25, 0.3) is 5.56 Å². The zero-order chi connectivity index (χ0) is 13.7. The number of fused-ring (bicyclic) bond motifs is 1. The Labute approximate surface area is 111 Å². The summed E-state index contributed by atoms with van der Waals surface area (Å²) in [5.74, 6) is -0.187. The van der Waals surface area contributed by atoms with Gasteiger partial charge in [0, 0.05) is 19.7 Å². The Kier molecular flexibility index (Phi) is 4.68. The molecule has 1 aliphatic carbocycles. The van der Waals surface area contributed by atoms with Crippen LogP contribution in [0, 0.1) is 0 Å². The predicted molar refractivity (Wildman–Crippen MR) is 70.0 cm³/mol. The molecular weight excluding hydrogens is 246 g/mol. The number of aryl methyl sites for hydroxylation is 2. The molecule has 6 heteroatoms. The number of hydrogen-bond acceptors (Lipinski definition) is 4. The minimum Gasteiger partial charge on any atom is -0.375 e. The Balaban J connectivity index is 1.97. The fourth-order valence-corrected chi connectivity index (χ4v) is 2.24. The molecule has 1 aliphatic rings. The van der Waals surface area contributed by atoms with E-state index in [1.54, 1.807) is 6.07 Å². The standard InChI is InChI=1S/C13H19N3O3/c1-19-9-12(17)14-6-7-16-13(18)8-10-4-2-3-5-11(10)15-16/h8H,2-7,9H2,1H3,(H,14,17). The molecule has 0 aliphatic heterocycles. The van der Waals surface area contributed by atoms with Crippen molar-refractivity contribution >= 4 is 5.91 Å². The number of nitrogens with zero attached hydrogens (tertiary/aromatic N) is 2. The van der Waals surface area contributed by atoms with Gasteiger partial charge in [-0.1, -0.05) is 0 Å². The van der Waals surface area contributed by atoms with Crippen molar-refractivity contribution in [3.63, 3.8) is 0 Å². The SMILES string of the molecule is COCC(=O)NCCn1nc2c(cc1=O)CCCC2. The van der Waals surface area contributed by atoms with E-state index in [-0.39, 0.29) is 18.1 Å². The van der Waals surface area contributed by atoms with Crippen LogP contribution in [0.5, 0.6) is 0 Å². The Morgan fingerprint density at radius 2 is 2.26 bits per heavy atom. The van der Waals surface area contributed by atoms with Crippen LogP contribution in [0.15, 0.2) is 10.9 Å². The van der Waals surface area contributed by atoms with Crippen LogP contribution in [0.25, 0.3) is 0 Å². The second-order valence-corrected chi connectivity index (χ2v) is 4.67. The second kappa shape index (κ2) is 6.47. The van der Waals surface area contributed by atoms with E-state index < -0.39 is 0 Å². The number of carbonyl (C=O) groups is 1. The molecule has 0 unspecified atom stereocenters. The molecule has 1 N–H and O–H groups in total. The third-order valence-electron chi connectivity index (χ3n) is 3.20. The molecule has 1 amide bonds. The average Bonchev–Trinajstić information content (AvgIpc) is 2.39. The maximum absolute atomic E-state index is 11.9. The van der Waals surface area contributed by atoms with Gasteiger partial charge >= 0.3 is 0 Å². The van der Waals surface area contributed by atoms with Gasteiger partial charge in [0.15, 0.2) is 0 Å². The molecule has 1 aromatic heterocycles. The zero-order valence-corrected chi connectivity index (χ0v) is 11.1. The molecule has 0 fully saturated rings. The second-order valence-electron chi connectivity index (χ2n) is 4.67. The number of carbonyl (C=O) groups excluding carboxylic acids is 1. The van der Waals surface area contributed by atoms with Gasteiger partial charge in [-0.15, -0.1) is 0 Å². The van der Waals surface area contributed by atoms with Gasteiger partial charge in [0.2, 0.25) is 5.91 Å². The molecule has 1 heterocycles. The predicted octanol–water partition coefficient (Wildman–Crippen LogP) is -0.115. The summed E-state index contributed by atoms with van der Waals surface area (Å²) < 4.78 is 6.14. The van der Waals surface area contributed by atoms with Gasteiger partial charge in [0.1, 0.15) is 6.61 Å². The van der Waals surface area contributed by atoms with Crippen LogP contribution in [0.1, 0.15) is 24.1 Å². The quantitative estimate of drug-likeness (QED) is 0.806. The molecule has 0 radical (unpaired) electrons. The van der Waals surface area contributed by atoms with Crippen LogP contribution < -0.4 is 10.9 Å². The monoisotopic (exact) mass is 265 g/mol. The van der Waals surface area contributed by atoms with Gasteiger partial charge in [-0.3, -0.25) is 9.59 Å². The summed E-state index contributed by atoms with van der Waals surface area (Å²) in [5.41, 5.74) is 2.01. The van der Waals surface area contributed by atoms with Gasteiger partial charge in [-0.2, -0.15) is 5.10 Å². The van der Waals surface area contributed by atoms with Crippen LogP contribution in [-0.2, 0) is 28.9 Å². The lowest BCUT2D eigenvalue weighted by atomic mass is 9.97. The van der Waals surface area contributed by atoms with Gasteiger partial charge in [-0.05, 0) is 31.2 Å². The van der Waals surface area contributed by atoms with E-state index in [1.807, 2.05) is 0 Å². The van der Waals surface area contributed by atoms with Crippen LogP contribution in [0.3, 0.4) is 0 Å². The van der Waals surface area contributed by atoms with Gasteiger partial charge < -0.3 is 10.1 Å². The molecular formula is C13H19N3O3. The van der Waals surface area contributed by atoms with Crippen molar-refractivity contribution in [2.45, 2.75) is 32.2 Å². The largest absolute Gasteiger partial charge is 0.375 e. The smallest absolute Gasteiger partial charge is 0.267 e. The molecule has 0 saturated carbocycles. The molecule has 0 bridgehead atoms. The van der Waals surface area contributed by atoms with Crippen molar-refractivity contribution in [1.29, 1.82) is 0 Å². The fraction of sp³-hybridized carbons (Fsp3) is 0.615. The molecule has 0 spiro atoms. The number of amides is 1. The zero-order valence-electron chi connectivity index (χ0n) is 11.1. The maximum atomic E-state index is 11.9. The Morgan fingerprint density at radius 1 is 1.47 bits per heavy atom. The van der Waals surface area contributed by atoms with Crippen LogP contribution in [0.4, 0.5) is 0 Å². The first-order valence-corrected chi connectivity index (χ1v) is 6.56. The van der Waals surface area contributed by atoms with Crippen molar-refractivity contribution in [3.8, 4) is 0 Å². The number of nitrogens with one attached hydrogen (secondary N) is 1. The number of aromatic nitrogens is 2. The highest BCUT2D eigenvalue weighted by molar-refractivity contribution is 5.77. The summed E-state index contributed by atoms with van der Waals surface area (Å²) in [7, 11) is 1.47. The lowest BCUT2D eigenvalue weighted by Gasteiger charge is -2.15. The van der Waals surface area contributed by atoms with Crippen LogP contribution >= 0.6 is 0 Å². The van der Waals surface area contributed by atoms with Gasteiger partial charge in [0.05, 0.1) is 12.2 Å². The van der Waals surface area contributed by atoms with E-state index in [0.717, 1.165) is 36.9 Å². The molecule has 0 atom stereocenters. The minimum absolute atomic E-state index is 0.0342. The van der Waals surface area contributed by atoms with Crippen molar-refractivity contribution in [3.05, 3.63) is 27.7 Å². The molecule has 19 heavy (non-hydrogen) atoms. The van der Waals surface area contributed by atoms with Crippen molar-refractivity contribution in [2.75, 3.05) is 20.3 Å². The highest BCUT2D eigenvalue weighted by Crippen LogP contribution is 2.16. The first-order valence-electron chi connectivity index (χ1n) is 6.56. The molecule has 6 nitrogen and oxygen atoms in total. The molecule has 104 valence electrons. The van der Waals surface area contributed by atoms with Crippen LogP contribution in [-0.4, -0.2) is 35.9 Å². The van der Waals surface area contributed by atoms with Crippen molar-refractivity contribution < 1.29 is 9.53 Å². The summed E-state index contributed by atoms with van der Waals surface area (Å²) in [4.78, 5) is 23.1. The third-order valence-corrected chi connectivity index (χ3v) is 3.20. The summed E-state index contributed by atoms with van der Waals surface area (Å²) in [6.45, 7) is 0.808. The van der Waals surface area contributed by atoms with E-state index in [2.05, 4.69) is 10.4 Å². The topological polar surface area (TPSA) is 73.2 Å². The fourth-order valence-electron chi connectivity index (χ4n) is 2.24. The summed E-state index contributed by atoms with van der Waals surface area (Å²) in [5, 5.41) is 7.05. The normalized spacial score (nSPS) is 13.9. The summed E-state index contributed by atoms with van der Waals surface area (Å²) in [6.07, 6.45) is 4.14. The van der Waals surface area contributed by atoms with Crippen molar-refractivity contribution in [2.24, 2.45) is 0 Å². The van der Waals surface area contributed by atoms with Gasteiger partial charge in [-0.25, -0.2) is 4.68 Å². The number of hydrogen-bond donors (Lipinski definition) is 1. The highest BCUT2D eigenvalue weighted by Gasteiger charge is 2.13. The molecule has 2 rings (SSSR count). The minimum atomic E-state index is -0.187. The Hall–Kier alpha value is -1.69. The first kappa shape index (κ1) is 13.7. The third kappa shape index (κ3) is 3.64. The summed E-state index contributed by atoms with van der Waals surface area (Å²) >= 11 is 0. The van der Waals surface area contributed by atoms with E-state index >= 15 is 0 Å². The molecule has 1 aromatic rings. The van der Waals surface area contributed by atoms with E-state index in [9.17, 15) is 9.59 Å². The van der Waals surface area contributed by atoms with E-state index in [4.69, 9.17) is 4.74 Å². The summed E-state index contributed by atoms with van der Waals surface area (Å²) in [6, 6.07) is 1.68. The Bertz CT molecular complexity index is 510. The molecule has 0 saturated heterocycles. The number of ether oxygens (including phenoxy) is 1. The van der Waals surface area contributed by atoms with E-state index in [1.165, 1.54) is 11.8 Å². The first-order chi connectivity index (χ1) is 9.20. The van der Waals surface area contributed by atoms with Crippen molar-refractivity contribution in [1.82, 2.24) is 15.1 Å².